The molecule has 0 radical (unpaired) electrons. The zero-order valence-corrected chi connectivity index (χ0v) is 9.61. The SMILES string of the molecule is Cc1c(C(N)c2ccc(F)c(F)c2)cnn1C. The second-order valence-corrected chi connectivity index (χ2v) is 3.96. The average Bonchev–Trinajstić information content (AvgIpc) is 2.63. The first-order valence-corrected chi connectivity index (χ1v) is 5.19. The number of nitrogens with zero attached hydrogens (tertiary/aromatic N) is 2. The van der Waals surface area contributed by atoms with E-state index in [0.29, 0.717) is 5.56 Å². The number of rotatable bonds is 2. The molecule has 2 aromatic rings. The second-order valence-electron chi connectivity index (χ2n) is 3.96. The Morgan fingerprint density at radius 2 is 2.00 bits per heavy atom. The molecule has 1 heterocycles. The van der Waals surface area contributed by atoms with Crippen LogP contribution in [0.3, 0.4) is 0 Å². The molecule has 1 atom stereocenters. The molecule has 2 rings (SSSR count). The van der Waals surface area contributed by atoms with Gasteiger partial charge in [0, 0.05) is 18.3 Å². The van der Waals surface area contributed by atoms with Crippen molar-refractivity contribution in [1.29, 1.82) is 0 Å². The van der Waals surface area contributed by atoms with Crippen LogP contribution in [0.2, 0.25) is 0 Å². The summed E-state index contributed by atoms with van der Waals surface area (Å²) in [5.74, 6) is -1.76. The molecule has 1 aromatic heterocycles. The molecule has 1 unspecified atom stereocenters. The standard InChI is InChI=1S/C12H13F2N3/c1-7-9(6-16-17(7)2)12(15)8-3-4-10(13)11(14)5-8/h3-6,12H,15H2,1-2H3. The zero-order chi connectivity index (χ0) is 12.6. The van der Waals surface area contributed by atoms with E-state index in [0.717, 1.165) is 23.4 Å². The van der Waals surface area contributed by atoms with Crippen LogP contribution in [0.1, 0.15) is 22.9 Å². The number of aryl methyl sites for hydroxylation is 1. The Morgan fingerprint density at radius 3 is 2.53 bits per heavy atom. The molecule has 0 saturated carbocycles. The molecule has 0 bridgehead atoms. The van der Waals surface area contributed by atoms with Gasteiger partial charge in [0.25, 0.3) is 0 Å². The van der Waals surface area contributed by atoms with Gasteiger partial charge in [-0.25, -0.2) is 8.78 Å². The average molecular weight is 237 g/mol. The summed E-state index contributed by atoms with van der Waals surface area (Å²) in [5, 5.41) is 4.07. The fourth-order valence-corrected chi connectivity index (χ4v) is 1.71. The molecule has 1 aromatic carbocycles. The third-order valence-electron chi connectivity index (χ3n) is 2.91. The Kier molecular flexibility index (Phi) is 2.93. The monoisotopic (exact) mass is 237 g/mol. The summed E-state index contributed by atoms with van der Waals surface area (Å²) in [6, 6.07) is 3.18. The largest absolute Gasteiger partial charge is 0.320 e. The Morgan fingerprint density at radius 1 is 1.29 bits per heavy atom. The first kappa shape index (κ1) is 11.7. The third-order valence-corrected chi connectivity index (χ3v) is 2.91. The molecule has 0 amide bonds. The van der Waals surface area contributed by atoms with Gasteiger partial charge in [-0.3, -0.25) is 4.68 Å². The van der Waals surface area contributed by atoms with Crippen molar-refractivity contribution in [1.82, 2.24) is 9.78 Å². The Bertz CT molecular complexity index is 549. The maximum atomic E-state index is 13.1. The highest BCUT2D eigenvalue weighted by Gasteiger charge is 2.16. The number of benzene rings is 1. The lowest BCUT2D eigenvalue weighted by molar-refractivity contribution is 0.506. The predicted molar refractivity (Wildman–Crippen MR) is 60.3 cm³/mol. The van der Waals surface area contributed by atoms with Crippen LogP contribution in [0.4, 0.5) is 8.78 Å². The van der Waals surface area contributed by atoms with Gasteiger partial charge in [-0.05, 0) is 24.6 Å². The fourth-order valence-electron chi connectivity index (χ4n) is 1.71. The summed E-state index contributed by atoms with van der Waals surface area (Å²) in [7, 11) is 1.80. The van der Waals surface area contributed by atoms with Crippen molar-refractivity contribution in [3.05, 3.63) is 52.9 Å². The van der Waals surface area contributed by atoms with Crippen LogP contribution in [0.5, 0.6) is 0 Å². The molecular formula is C12H13F2N3. The van der Waals surface area contributed by atoms with Crippen molar-refractivity contribution in [2.75, 3.05) is 0 Å². The Hall–Kier alpha value is -1.75. The minimum absolute atomic E-state index is 0.501. The van der Waals surface area contributed by atoms with Crippen LogP contribution in [0.15, 0.2) is 24.4 Å². The van der Waals surface area contributed by atoms with Gasteiger partial charge in [-0.15, -0.1) is 0 Å². The van der Waals surface area contributed by atoms with Gasteiger partial charge < -0.3 is 5.73 Å². The molecular weight excluding hydrogens is 224 g/mol. The van der Waals surface area contributed by atoms with Gasteiger partial charge >= 0.3 is 0 Å². The summed E-state index contributed by atoms with van der Waals surface area (Å²) in [4.78, 5) is 0. The molecule has 0 fully saturated rings. The highest BCUT2D eigenvalue weighted by atomic mass is 19.2. The quantitative estimate of drug-likeness (QED) is 0.868. The summed E-state index contributed by atoms with van der Waals surface area (Å²) >= 11 is 0. The van der Waals surface area contributed by atoms with Crippen LogP contribution in [-0.4, -0.2) is 9.78 Å². The zero-order valence-electron chi connectivity index (χ0n) is 9.61. The van der Waals surface area contributed by atoms with Gasteiger partial charge in [-0.1, -0.05) is 6.07 Å². The van der Waals surface area contributed by atoms with Crippen molar-refractivity contribution in [3.63, 3.8) is 0 Å². The first-order chi connectivity index (χ1) is 8.00. The number of halogens is 2. The van der Waals surface area contributed by atoms with Crippen molar-refractivity contribution in [3.8, 4) is 0 Å². The summed E-state index contributed by atoms with van der Waals surface area (Å²) in [6.45, 7) is 1.88. The lowest BCUT2D eigenvalue weighted by Crippen LogP contribution is -2.13. The van der Waals surface area contributed by atoms with E-state index in [1.807, 2.05) is 6.92 Å². The minimum atomic E-state index is -0.889. The maximum absolute atomic E-state index is 13.1. The first-order valence-electron chi connectivity index (χ1n) is 5.19. The van der Waals surface area contributed by atoms with Crippen molar-refractivity contribution < 1.29 is 8.78 Å². The second kappa shape index (κ2) is 4.25. The van der Waals surface area contributed by atoms with Crippen LogP contribution in [-0.2, 0) is 7.05 Å². The van der Waals surface area contributed by atoms with E-state index < -0.39 is 17.7 Å². The molecule has 17 heavy (non-hydrogen) atoms. The molecule has 2 N–H and O–H groups in total. The van der Waals surface area contributed by atoms with Crippen molar-refractivity contribution >= 4 is 0 Å². The lowest BCUT2D eigenvalue weighted by Gasteiger charge is -2.12. The van der Waals surface area contributed by atoms with E-state index in [9.17, 15) is 8.78 Å². The predicted octanol–water partition coefficient (Wildman–Crippen LogP) is 2.05. The summed E-state index contributed by atoms with van der Waals surface area (Å²) in [5.41, 5.74) is 8.24. The molecule has 3 nitrogen and oxygen atoms in total. The van der Waals surface area contributed by atoms with Gasteiger partial charge in [0.15, 0.2) is 11.6 Å². The highest BCUT2D eigenvalue weighted by molar-refractivity contribution is 5.32. The normalized spacial score (nSPS) is 12.8. The van der Waals surface area contributed by atoms with Crippen molar-refractivity contribution in [2.45, 2.75) is 13.0 Å². The third kappa shape index (κ3) is 2.06. The van der Waals surface area contributed by atoms with E-state index in [2.05, 4.69) is 5.10 Å². The van der Waals surface area contributed by atoms with Gasteiger partial charge in [-0.2, -0.15) is 5.10 Å². The number of hydrogen-bond acceptors (Lipinski definition) is 2. The molecule has 0 spiro atoms. The molecule has 0 aliphatic carbocycles. The molecule has 0 aliphatic rings. The minimum Gasteiger partial charge on any atom is -0.320 e. The highest BCUT2D eigenvalue weighted by Crippen LogP contribution is 2.23. The van der Waals surface area contributed by atoms with Gasteiger partial charge in [0.1, 0.15) is 0 Å². The lowest BCUT2D eigenvalue weighted by atomic mass is 10.0. The van der Waals surface area contributed by atoms with Crippen LogP contribution >= 0.6 is 0 Å². The van der Waals surface area contributed by atoms with E-state index in [4.69, 9.17) is 5.73 Å². The Labute approximate surface area is 97.9 Å². The molecule has 90 valence electrons. The molecule has 0 saturated heterocycles. The molecule has 5 heteroatoms. The number of hydrogen-bond donors (Lipinski definition) is 1. The molecule has 0 aliphatic heterocycles. The van der Waals surface area contributed by atoms with E-state index >= 15 is 0 Å². The van der Waals surface area contributed by atoms with Crippen LogP contribution < -0.4 is 5.73 Å². The number of nitrogens with two attached hydrogens (primary N) is 1. The maximum Gasteiger partial charge on any atom is 0.159 e. The van der Waals surface area contributed by atoms with Crippen LogP contribution in [0.25, 0.3) is 0 Å². The van der Waals surface area contributed by atoms with Crippen LogP contribution in [0, 0.1) is 18.6 Å². The van der Waals surface area contributed by atoms with E-state index in [1.54, 1.807) is 17.9 Å². The summed E-state index contributed by atoms with van der Waals surface area (Å²) < 4.78 is 27.6. The van der Waals surface area contributed by atoms with Gasteiger partial charge in [0.2, 0.25) is 0 Å². The smallest absolute Gasteiger partial charge is 0.159 e. The van der Waals surface area contributed by atoms with E-state index in [-0.39, 0.29) is 0 Å². The Balaban J connectivity index is 2.40. The van der Waals surface area contributed by atoms with Gasteiger partial charge in [0.05, 0.1) is 12.2 Å². The fraction of sp³-hybridized carbons (Fsp3) is 0.250. The van der Waals surface area contributed by atoms with E-state index in [1.165, 1.54) is 6.07 Å². The van der Waals surface area contributed by atoms with Crippen molar-refractivity contribution in [2.24, 2.45) is 12.8 Å². The number of aromatic nitrogens is 2. The summed E-state index contributed by atoms with van der Waals surface area (Å²) in [6.07, 6.45) is 1.64. The topological polar surface area (TPSA) is 43.8 Å².